The minimum absolute atomic E-state index is 0.0929. The van der Waals surface area contributed by atoms with E-state index in [2.05, 4.69) is 31.0 Å². The van der Waals surface area contributed by atoms with E-state index in [1.54, 1.807) is 0 Å². The molecule has 226 valence electrons. The molecule has 0 aromatic heterocycles. The Morgan fingerprint density at radius 1 is 0.805 bits per heavy atom. The maximum absolute atomic E-state index is 12.5. The number of hydrogen-bond acceptors (Lipinski definition) is 8. The van der Waals surface area contributed by atoms with Gasteiger partial charge in [0, 0.05) is 32.0 Å². The predicted molar refractivity (Wildman–Crippen MR) is 163 cm³/mol. The van der Waals surface area contributed by atoms with Gasteiger partial charge in [0.1, 0.15) is 25.3 Å². The molecule has 3 N–H and O–H groups in total. The predicted octanol–water partition coefficient (Wildman–Crippen LogP) is 4.82. The smallest absolute Gasteiger partial charge is 0.323 e. The lowest BCUT2D eigenvalue weighted by Gasteiger charge is -2.37. The number of benzene rings is 2. The van der Waals surface area contributed by atoms with Crippen LogP contribution >= 0.6 is 0 Å². The highest BCUT2D eigenvalue weighted by molar-refractivity contribution is 5.76. The van der Waals surface area contributed by atoms with Crippen LogP contribution in [0.5, 0.6) is 0 Å². The second-order valence-electron chi connectivity index (χ2n) is 11.6. The summed E-state index contributed by atoms with van der Waals surface area (Å²) in [6, 6.07) is 19.3. The van der Waals surface area contributed by atoms with E-state index < -0.39 is 0 Å². The summed E-state index contributed by atoms with van der Waals surface area (Å²) >= 11 is 0. The van der Waals surface area contributed by atoms with Crippen molar-refractivity contribution in [1.29, 1.82) is 0 Å². The third-order valence-corrected chi connectivity index (χ3v) is 8.10. The Morgan fingerprint density at radius 2 is 1.27 bits per heavy atom. The van der Waals surface area contributed by atoms with Crippen molar-refractivity contribution in [2.24, 2.45) is 5.73 Å². The van der Waals surface area contributed by atoms with Crippen molar-refractivity contribution in [3.63, 3.8) is 0 Å². The summed E-state index contributed by atoms with van der Waals surface area (Å²) in [5.74, 6) is -0.242. The molecule has 41 heavy (non-hydrogen) atoms. The zero-order chi connectivity index (χ0) is 29.5. The fraction of sp³-hybridized carbons (Fsp3) is 0.576. The van der Waals surface area contributed by atoms with Gasteiger partial charge in [0.05, 0.1) is 0 Å². The van der Waals surface area contributed by atoms with Gasteiger partial charge in [-0.3, -0.25) is 24.7 Å². The highest BCUT2D eigenvalue weighted by Crippen LogP contribution is 2.20. The number of carbonyl (C=O) groups excluding carboxylic acids is 2. The van der Waals surface area contributed by atoms with E-state index in [0.717, 1.165) is 75.8 Å². The second-order valence-corrected chi connectivity index (χ2v) is 11.6. The molecule has 2 fully saturated rings. The van der Waals surface area contributed by atoms with Crippen LogP contribution in [0.3, 0.4) is 0 Å². The van der Waals surface area contributed by atoms with Gasteiger partial charge in [-0.2, -0.15) is 0 Å². The number of ether oxygens (including phenoxy) is 2. The van der Waals surface area contributed by atoms with Crippen LogP contribution in [0.2, 0.25) is 0 Å². The fourth-order valence-electron chi connectivity index (χ4n) is 5.01. The van der Waals surface area contributed by atoms with E-state index in [1.807, 2.05) is 65.6 Å². The lowest BCUT2D eigenvalue weighted by atomic mass is 10.0. The number of nitrogens with two attached hydrogens (primary N) is 1. The van der Waals surface area contributed by atoms with Gasteiger partial charge < -0.3 is 15.2 Å². The fourth-order valence-corrected chi connectivity index (χ4v) is 5.01. The van der Waals surface area contributed by atoms with E-state index in [4.69, 9.17) is 15.2 Å². The Labute approximate surface area is 246 Å². The summed E-state index contributed by atoms with van der Waals surface area (Å²) in [6.07, 6.45) is 7.23. The van der Waals surface area contributed by atoms with E-state index in [0.29, 0.717) is 19.9 Å². The first-order valence-electron chi connectivity index (χ1n) is 15.2. The maximum atomic E-state index is 12.5. The molecular weight excluding hydrogens is 516 g/mol. The summed E-state index contributed by atoms with van der Waals surface area (Å²) in [5.41, 5.74) is 7.80. The molecule has 2 aliphatic rings. The topological polar surface area (TPSA) is 97.1 Å². The molecule has 0 spiro atoms. The average molecular weight is 567 g/mol. The highest BCUT2D eigenvalue weighted by atomic mass is 16.5. The molecule has 2 aromatic carbocycles. The van der Waals surface area contributed by atoms with Gasteiger partial charge >= 0.3 is 11.9 Å². The summed E-state index contributed by atoms with van der Waals surface area (Å²) < 4.78 is 10.9. The molecule has 8 heteroatoms. The van der Waals surface area contributed by atoms with Gasteiger partial charge in [0.15, 0.2) is 0 Å². The van der Waals surface area contributed by atoms with Crippen LogP contribution in [0.25, 0.3) is 0 Å². The van der Waals surface area contributed by atoms with Crippen LogP contribution in [0, 0.1) is 0 Å². The molecule has 8 nitrogen and oxygen atoms in total. The molecular formula is C33H50N4O4. The number of rotatable bonds is 11. The number of hydrogen-bond donors (Lipinski definition) is 2. The molecule has 2 saturated heterocycles. The lowest BCUT2D eigenvalue weighted by molar-refractivity contribution is -0.153. The monoisotopic (exact) mass is 566 g/mol. The minimum atomic E-state index is -0.160. The number of carbonyl (C=O) groups is 2. The van der Waals surface area contributed by atoms with Crippen LogP contribution in [-0.2, 0) is 32.3 Å². The summed E-state index contributed by atoms with van der Waals surface area (Å²) in [6.45, 7) is 10.3. The van der Waals surface area contributed by atoms with Crippen LogP contribution in [0.15, 0.2) is 60.7 Å². The van der Waals surface area contributed by atoms with Gasteiger partial charge in [0.2, 0.25) is 0 Å². The Kier molecular flexibility index (Phi) is 13.8. The molecule has 0 saturated carbocycles. The first-order chi connectivity index (χ1) is 19.8. The number of nitrogens with one attached hydrogen (secondary N) is 1. The minimum Gasteiger partial charge on any atom is -0.460 e. The van der Waals surface area contributed by atoms with Crippen LogP contribution in [-0.4, -0.2) is 65.8 Å². The van der Waals surface area contributed by atoms with Crippen molar-refractivity contribution in [3.8, 4) is 0 Å². The zero-order valence-corrected chi connectivity index (χ0v) is 25.2. The second kappa shape index (κ2) is 17.2. The summed E-state index contributed by atoms with van der Waals surface area (Å²) in [4.78, 5) is 28.7. The first-order valence-corrected chi connectivity index (χ1v) is 15.2. The normalized spacial score (nSPS) is 20.0. The Bertz CT molecular complexity index is 1030. The number of piperidine rings is 2. The van der Waals surface area contributed by atoms with Crippen molar-refractivity contribution < 1.29 is 19.1 Å². The van der Waals surface area contributed by atoms with Crippen LogP contribution < -0.4 is 11.1 Å². The molecule has 0 unspecified atom stereocenters. The third-order valence-electron chi connectivity index (χ3n) is 8.10. The van der Waals surface area contributed by atoms with Crippen molar-refractivity contribution in [2.75, 3.05) is 26.4 Å². The van der Waals surface area contributed by atoms with Crippen LogP contribution in [0.1, 0.15) is 76.8 Å². The number of likely N-dealkylation sites (tertiary alicyclic amines) is 2. The standard InChI is InChI=1S/C19H30N2O2.C14H20N2O2/c1-4-19(2,3)20-15-21-13-9-8-12-17(21)18(22)23-14-16-10-6-5-7-11-16;15-11-16-9-5-4-8-13(16)14(17)18-10-12-6-2-1-3-7-12/h5-7,10-11,17,20H,4,8-9,12-15H2,1-3H3;1-3,6-7,13H,4-5,8-11,15H2/t17-;13-/m00/s1. The molecule has 0 bridgehead atoms. The number of nitrogens with zero attached hydrogens (tertiary/aromatic N) is 2. The molecule has 2 aliphatic heterocycles. The van der Waals surface area contributed by atoms with Gasteiger partial charge in [-0.25, -0.2) is 0 Å². The lowest BCUT2D eigenvalue weighted by Crippen LogP contribution is -2.53. The van der Waals surface area contributed by atoms with Crippen molar-refractivity contribution in [1.82, 2.24) is 15.1 Å². The number of esters is 2. The van der Waals surface area contributed by atoms with E-state index in [-0.39, 0.29) is 29.6 Å². The molecule has 0 radical (unpaired) electrons. The Balaban J connectivity index is 0.000000232. The Hall–Kier alpha value is -2.78. The summed E-state index contributed by atoms with van der Waals surface area (Å²) in [7, 11) is 0. The highest BCUT2D eigenvalue weighted by Gasteiger charge is 2.31. The van der Waals surface area contributed by atoms with Crippen molar-refractivity contribution >= 4 is 11.9 Å². The molecule has 4 rings (SSSR count). The zero-order valence-electron chi connectivity index (χ0n) is 25.2. The van der Waals surface area contributed by atoms with Gasteiger partial charge in [-0.1, -0.05) is 80.4 Å². The maximum Gasteiger partial charge on any atom is 0.323 e. The first kappa shape index (κ1) is 32.7. The molecule has 2 atom stereocenters. The molecule has 0 amide bonds. The largest absolute Gasteiger partial charge is 0.460 e. The summed E-state index contributed by atoms with van der Waals surface area (Å²) in [5, 5.41) is 3.56. The molecule has 2 heterocycles. The van der Waals surface area contributed by atoms with E-state index in [9.17, 15) is 9.59 Å². The average Bonchev–Trinajstić information content (AvgIpc) is 3.03. The van der Waals surface area contributed by atoms with Crippen molar-refractivity contribution in [3.05, 3.63) is 71.8 Å². The van der Waals surface area contributed by atoms with Crippen molar-refractivity contribution in [2.45, 2.75) is 96.6 Å². The Morgan fingerprint density at radius 3 is 1.73 bits per heavy atom. The third kappa shape index (κ3) is 11.2. The van der Waals surface area contributed by atoms with Gasteiger partial charge in [-0.15, -0.1) is 0 Å². The quantitative estimate of drug-likeness (QED) is 0.374. The molecule has 0 aliphatic carbocycles. The van der Waals surface area contributed by atoms with E-state index >= 15 is 0 Å². The molecule has 2 aromatic rings. The van der Waals surface area contributed by atoms with Crippen LogP contribution in [0.4, 0.5) is 0 Å². The SMILES string of the molecule is CCC(C)(C)NCN1CCCC[C@H]1C(=O)OCc1ccccc1.NCN1CCCC[C@H]1C(=O)OCc1ccccc1. The van der Waals surface area contributed by atoms with E-state index in [1.165, 1.54) is 0 Å². The van der Waals surface area contributed by atoms with Gasteiger partial charge in [-0.05, 0) is 57.1 Å². The van der Waals surface area contributed by atoms with Gasteiger partial charge in [0.25, 0.3) is 0 Å².